The van der Waals surface area contributed by atoms with Crippen molar-refractivity contribution in [2.24, 2.45) is 0 Å². The van der Waals surface area contributed by atoms with Crippen LogP contribution in [0, 0.1) is 0 Å². The van der Waals surface area contributed by atoms with Crippen molar-refractivity contribution < 1.29 is 22.4 Å². The number of nitrogens with one attached hydrogen (secondary N) is 2. The van der Waals surface area contributed by atoms with Crippen LogP contribution in [-0.4, -0.2) is 45.5 Å². The summed E-state index contributed by atoms with van der Waals surface area (Å²) in [5.74, 6) is 1.99. The molecule has 4 aromatic rings. The average Bonchev–Trinajstić information content (AvgIpc) is 2.95. The summed E-state index contributed by atoms with van der Waals surface area (Å²) >= 11 is 0. The van der Waals surface area contributed by atoms with Crippen molar-refractivity contribution in [2.75, 3.05) is 32.6 Å². The Morgan fingerprint density at radius 3 is 1.41 bits per heavy atom. The molecule has 0 unspecified atom stereocenters. The molecule has 0 aromatic heterocycles. The van der Waals surface area contributed by atoms with Crippen LogP contribution in [0.2, 0.25) is 0 Å². The number of hydrogen-bond acceptors (Lipinski definition) is 6. The van der Waals surface area contributed by atoms with Crippen molar-refractivity contribution in [2.45, 2.75) is 52.6 Å². The molecular weight excluding hydrogens is 536 g/mol. The Balaban J connectivity index is 0.000000850. The van der Waals surface area contributed by atoms with Crippen LogP contribution < -0.4 is 20.1 Å². The van der Waals surface area contributed by atoms with Gasteiger partial charge in [0.25, 0.3) is 10.1 Å². The van der Waals surface area contributed by atoms with Gasteiger partial charge in [-0.25, -0.2) is 0 Å². The highest BCUT2D eigenvalue weighted by atomic mass is 32.2. The lowest BCUT2D eigenvalue weighted by atomic mass is 10.0. The third-order valence-electron chi connectivity index (χ3n) is 6.66. The molecule has 0 amide bonds. The molecule has 0 atom stereocenters. The zero-order chi connectivity index (χ0) is 29.5. The molecule has 222 valence electrons. The summed E-state index contributed by atoms with van der Waals surface area (Å²) in [6.07, 6.45) is 5.56. The van der Waals surface area contributed by atoms with Crippen LogP contribution in [0.3, 0.4) is 0 Å². The molecule has 7 nitrogen and oxygen atoms in total. The Bertz CT molecular complexity index is 1370. The van der Waals surface area contributed by atoms with Crippen molar-refractivity contribution in [3.63, 3.8) is 0 Å². The maximum atomic E-state index is 9.19. The monoisotopic (exact) mass is 580 g/mol. The van der Waals surface area contributed by atoms with Gasteiger partial charge in [-0.15, -0.1) is 0 Å². The number of hydrogen-bond donors (Lipinski definition) is 3. The molecule has 0 saturated heterocycles. The average molecular weight is 581 g/mol. The molecule has 4 aromatic carbocycles. The molecule has 0 aliphatic carbocycles. The molecule has 0 fully saturated rings. The fourth-order valence-corrected chi connectivity index (χ4v) is 4.86. The second-order valence-corrected chi connectivity index (χ2v) is 11.4. The summed E-state index contributed by atoms with van der Waals surface area (Å²) in [7, 11) is -3.67. The third kappa shape index (κ3) is 11.0. The smallest absolute Gasteiger partial charge is 0.261 e. The predicted molar refractivity (Wildman–Crippen MR) is 170 cm³/mol. The highest BCUT2D eigenvalue weighted by Gasteiger charge is 2.09. The number of unbranched alkanes of at least 4 members (excludes halogenated alkanes) is 3. The second kappa shape index (κ2) is 16.9. The second-order valence-electron chi connectivity index (χ2n) is 9.89. The Morgan fingerprint density at radius 2 is 1.02 bits per heavy atom. The first-order valence-electron chi connectivity index (χ1n) is 14.4. The van der Waals surface area contributed by atoms with Gasteiger partial charge in [-0.3, -0.25) is 4.55 Å². The van der Waals surface area contributed by atoms with Crippen molar-refractivity contribution >= 4 is 31.7 Å². The van der Waals surface area contributed by atoms with Gasteiger partial charge in [0.1, 0.15) is 11.5 Å². The van der Waals surface area contributed by atoms with E-state index in [4.69, 9.17) is 14.0 Å². The van der Waals surface area contributed by atoms with E-state index in [1.165, 1.54) is 58.4 Å². The Morgan fingerprint density at radius 1 is 0.634 bits per heavy atom. The minimum atomic E-state index is -3.67. The maximum Gasteiger partial charge on any atom is 0.261 e. The van der Waals surface area contributed by atoms with Crippen LogP contribution in [-0.2, 0) is 23.2 Å². The highest BCUT2D eigenvalue weighted by Crippen LogP contribution is 2.29. The van der Waals surface area contributed by atoms with E-state index in [-0.39, 0.29) is 0 Å². The highest BCUT2D eigenvalue weighted by molar-refractivity contribution is 7.85. The molecule has 41 heavy (non-hydrogen) atoms. The van der Waals surface area contributed by atoms with Gasteiger partial charge in [0.15, 0.2) is 0 Å². The fourth-order valence-electron chi connectivity index (χ4n) is 4.86. The SMILES string of the molecule is CCOc1ccc2ccccc2c1CNCCCCCCNCc1c(OCC)ccc2ccccc12.CS(=O)(=O)O. The number of fused-ring (bicyclic) bond motifs is 2. The van der Waals surface area contributed by atoms with Gasteiger partial charge >= 0.3 is 0 Å². The van der Waals surface area contributed by atoms with Crippen LogP contribution in [0.25, 0.3) is 21.5 Å². The number of ether oxygens (including phenoxy) is 2. The third-order valence-corrected chi connectivity index (χ3v) is 6.66. The summed E-state index contributed by atoms with van der Waals surface area (Å²) in [6, 6.07) is 25.6. The zero-order valence-corrected chi connectivity index (χ0v) is 25.3. The molecular formula is C33H44N2O5S. The van der Waals surface area contributed by atoms with Crippen LogP contribution in [0.5, 0.6) is 11.5 Å². The van der Waals surface area contributed by atoms with E-state index in [0.717, 1.165) is 37.7 Å². The molecule has 8 heteroatoms. The summed E-state index contributed by atoms with van der Waals surface area (Å²) in [5, 5.41) is 12.4. The van der Waals surface area contributed by atoms with E-state index in [1.54, 1.807) is 0 Å². The van der Waals surface area contributed by atoms with Crippen LogP contribution >= 0.6 is 0 Å². The lowest BCUT2D eigenvalue weighted by Gasteiger charge is -2.15. The Kier molecular flexibility index (Phi) is 13.4. The van der Waals surface area contributed by atoms with E-state index in [0.29, 0.717) is 19.5 Å². The molecule has 4 rings (SSSR count). The number of rotatable bonds is 15. The van der Waals surface area contributed by atoms with Gasteiger partial charge in [-0.1, -0.05) is 73.5 Å². The molecule has 0 aliphatic heterocycles. The predicted octanol–water partition coefficient (Wildman–Crippen LogP) is 6.73. The Hall–Kier alpha value is -3.17. The molecule has 0 bridgehead atoms. The van der Waals surface area contributed by atoms with E-state index in [2.05, 4.69) is 83.4 Å². The molecule has 0 heterocycles. The van der Waals surface area contributed by atoms with Crippen LogP contribution in [0.4, 0.5) is 0 Å². The summed E-state index contributed by atoms with van der Waals surface area (Å²) in [4.78, 5) is 0. The summed E-state index contributed by atoms with van der Waals surface area (Å²) in [5.41, 5.74) is 2.53. The van der Waals surface area contributed by atoms with E-state index >= 15 is 0 Å². The Labute approximate surface area is 245 Å². The minimum absolute atomic E-state index is 0.687. The largest absolute Gasteiger partial charge is 0.494 e. The first-order valence-corrected chi connectivity index (χ1v) is 16.3. The number of benzene rings is 4. The van der Waals surface area contributed by atoms with E-state index < -0.39 is 10.1 Å². The van der Waals surface area contributed by atoms with Gasteiger partial charge in [-0.05, 0) is 73.5 Å². The summed E-state index contributed by atoms with van der Waals surface area (Å²) in [6.45, 7) is 9.19. The van der Waals surface area contributed by atoms with Crippen LogP contribution in [0.15, 0.2) is 72.8 Å². The molecule has 3 N–H and O–H groups in total. The minimum Gasteiger partial charge on any atom is -0.494 e. The molecule has 0 spiro atoms. The molecule has 0 radical (unpaired) electrons. The van der Waals surface area contributed by atoms with E-state index in [1.807, 2.05) is 13.8 Å². The summed E-state index contributed by atoms with van der Waals surface area (Å²) < 4.78 is 37.7. The maximum absolute atomic E-state index is 9.19. The van der Waals surface area contributed by atoms with Crippen molar-refractivity contribution in [3.8, 4) is 11.5 Å². The van der Waals surface area contributed by atoms with Gasteiger partial charge < -0.3 is 20.1 Å². The lowest BCUT2D eigenvalue weighted by molar-refractivity contribution is 0.336. The normalized spacial score (nSPS) is 11.3. The van der Waals surface area contributed by atoms with Gasteiger partial charge in [0, 0.05) is 24.2 Å². The quantitative estimate of drug-likeness (QED) is 0.106. The first-order chi connectivity index (χ1) is 19.8. The molecule has 0 aliphatic rings. The van der Waals surface area contributed by atoms with Gasteiger partial charge in [0.05, 0.1) is 19.5 Å². The van der Waals surface area contributed by atoms with E-state index in [9.17, 15) is 8.42 Å². The molecule has 0 saturated carbocycles. The van der Waals surface area contributed by atoms with Crippen molar-refractivity contribution in [1.82, 2.24) is 10.6 Å². The lowest BCUT2D eigenvalue weighted by Crippen LogP contribution is -2.17. The standard InChI is InChI=1S/C32H40N2O2.CH4O3S/c1-3-35-31-19-17-25-13-7-9-15-27(25)29(31)23-33-21-11-5-6-12-22-34-24-30-28-16-10-8-14-26(28)18-20-32(30)36-4-2;1-5(2,3)4/h7-10,13-20,33-34H,3-6,11-12,21-24H2,1-2H3;1H3,(H,2,3,4). The van der Waals surface area contributed by atoms with Gasteiger partial charge in [-0.2, -0.15) is 8.42 Å². The zero-order valence-electron chi connectivity index (χ0n) is 24.5. The van der Waals surface area contributed by atoms with Gasteiger partial charge in [0.2, 0.25) is 0 Å². The first kappa shape index (κ1) is 32.3. The van der Waals surface area contributed by atoms with Crippen molar-refractivity contribution in [1.29, 1.82) is 0 Å². The topological polar surface area (TPSA) is 96.9 Å². The fraction of sp³-hybridized carbons (Fsp3) is 0.394. The van der Waals surface area contributed by atoms with Crippen LogP contribution in [0.1, 0.15) is 50.7 Å². The van der Waals surface area contributed by atoms with Crippen molar-refractivity contribution in [3.05, 3.63) is 83.9 Å².